The molecule has 1 aromatic rings. The van der Waals surface area contributed by atoms with Crippen molar-refractivity contribution in [3.8, 4) is 0 Å². The van der Waals surface area contributed by atoms with E-state index < -0.39 is 16.0 Å². The van der Waals surface area contributed by atoms with Crippen LogP contribution in [0.3, 0.4) is 0 Å². The number of hydrogen-bond donors (Lipinski definition) is 0. The Bertz CT molecular complexity index is 366. The van der Waals surface area contributed by atoms with Gasteiger partial charge in [-0.1, -0.05) is 30.3 Å². The van der Waals surface area contributed by atoms with Crippen molar-refractivity contribution in [2.75, 3.05) is 0 Å². The summed E-state index contributed by atoms with van der Waals surface area (Å²) in [6, 6.07) is 9.70. The molecule has 0 aromatic heterocycles. The van der Waals surface area contributed by atoms with E-state index in [1.807, 2.05) is 30.3 Å². The predicted molar refractivity (Wildman–Crippen MR) is 61.8 cm³/mol. The van der Waals surface area contributed by atoms with Gasteiger partial charge in [0.2, 0.25) is 0 Å². The fourth-order valence-electron chi connectivity index (χ4n) is 1.59. The van der Waals surface area contributed by atoms with Crippen LogP contribution >= 0.6 is 0 Å². The van der Waals surface area contributed by atoms with Crippen molar-refractivity contribution >= 4 is 0 Å². The average molecular weight is 238 g/mol. The van der Waals surface area contributed by atoms with Gasteiger partial charge in [0, 0.05) is 0 Å². The molecule has 0 N–H and O–H groups in total. The van der Waals surface area contributed by atoms with Crippen molar-refractivity contribution in [1.29, 1.82) is 0 Å². The lowest BCUT2D eigenvalue weighted by Gasteiger charge is -2.02. The first-order chi connectivity index (χ1) is 8.11. The second-order valence-electron chi connectivity index (χ2n) is 3.78. The molecule has 0 bridgehead atoms. The van der Waals surface area contributed by atoms with Crippen molar-refractivity contribution in [3.63, 3.8) is 0 Å². The van der Waals surface area contributed by atoms with Crippen LogP contribution < -0.4 is 0 Å². The van der Waals surface area contributed by atoms with Gasteiger partial charge in [0.1, 0.15) is 0 Å². The number of rotatable bonds is 7. The maximum Gasteiger partial charge on any atom is 0.450 e. The molecule has 0 heterocycles. The Kier molecular flexibility index (Phi) is 5.06. The summed E-state index contributed by atoms with van der Waals surface area (Å²) >= 11 is 0. The largest absolute Gasteiger partial charge is 0.450 e. The third kappa shape index (κ3) is 4.58. The molecule has 0 radical (unpaired) electrons. The maximum atomic E-state index is 10.4. The molecular formula is C11H14N2O4. The molecule has 6 heteroatoms. The molecule has 0 unspecified atom stereocenters. The smallest absolute Gasteiger partial charge is 0.259 e. The molecule has 17 heavy (non-hydrogen) atoms. The Morgan fingerprint density at radius 1 is 1.00 bits per heavy atom. The highest BCUT2D eigenvalue weighted by molar-refractivity contribution is 5.14. The minimum absolute atomic E-state index is 0.00711. The quantitative estimate of drug-likeness (QED) is 0.315. The highest BCUT2D eigenvalue weighted by atomic mass is 16.7. The molecule has 1 rings (SSSR count). The van der Waals surface area contributed by atoms with Gasteiger partial charge in [-0.15, -0.1) is 0 Å². The van der Waals surface area contributed by atoms with Crippen LogP contribution in [0.4, 0.5) is 0 Å². The van der Waals surface area contributed by atoms with Gasteiger partial charge in [-0.25, -0.2) is 0 Å². The Balaban J connectivity index is 2.28. The van der Waals surface area contributed by atoms with Crippen LogP contribution in [0, 0.1) is 20.2 Å². The SMILES string of the molecule is O=[N+]([O-])C(CCCCc1ccccc1)[N+](=O)[O-]. The first-order valence-electron chi connectivity index (χ1n) is 5.42. The van der Waals surface area contributed by atoms with Gasteiger partial charge in [-0.2, -0.15) is 0 Å². The van der Waals surface area contributed by atoms with Gasteiger partial charge in [-0.3, -0.25) is 20.2 Å². The topological polar surface area (TPSA) is 86.3 Å². The van der Waals surface area contributed by atoms with E-state index in [0.29, 0.717) is 6.42 Å². The van der Waals surface area contributed by atoms with E-state index in [1.165, 1.54) is 0 Å². The van der Waals surface area contributed by atoms with Crippen molar-refractivity contribution < 1.29 is 9.85 Å². The third-order valence-electron chi connectivity index (χ3n) is 2.51. The molecule has 0 aliphatic carbocycles. The minimum Gasteiger partial charge on any atom is -0.259 e. The zero-order valence-electron chi connectivity index (χ0n) is 9.32. The molecule has 0 amide bonds. The fourth-order valence-corrected chi connectivity index (χ4v) is 1.59. The lowest BCUT2D eigenvalue weighted by Crippen LogP contribution is -2.28. The first kappa shape index (κ1) is 13.1. The van der Waals surface area contributed by atoms with Crippen LogP contribution in [-0.2, 0) is 6.42 Å². The molecule has 0 saturated carbocycles. The Morgan fingerprint density at radius 2 is 1.59 bits per heavy atom. The summed E-state index contributed by atoms with van der Waals surface area (Å²) in [5, 5.41) is 20.7. The van der Waals surface area contributed by atoms with Gasteiger partial charge in [-0.05, 0) is 24.8 Å². The number of unbranched alkanes of at least 4 members (excludes halogenated alkanes) is 1. The van der Waals surface area contributed by atoms with E-state index in [-0.39, 0.29) is 6.42 Å². The van der Waals surface area contributed by atoms with E-state index in [2.05, 4.69) is 0 Å². The maximum absolute atomic E-state index is 10.4. The summed E-state index contributed by atoms with van der Waals surface area (Å²) in [5.41, 5.74) is 1.14. The second-order valence-corrected chi connectivity index (χ2v) is 3.78. The Hall–Kier alpha value is -1.98. The fraction of sp³-hybridized carbons (Fsp3) is 0.455. The summed E-state index contributed by atoms with van der Waals surface area (Å²) in [6.45, 7) is 0. The van der Waals surface area contributed by atoms with Gasteiger partial charge >= 0.3 is 6.17 Å². The van der Waals surface area contributed by atoms with Crippen LogP contribution in [0.15, 0.2) is 30.3 Å². The molecule has 0 atom stereocenters. The van der Waals surface area contributed by atoms with Gasteiger partial charge < -0.3 is 0 Å². The zero-order valence-corrected chi connectivity index (χ0v) is 9.32. The Labute approximate surface area is 98.6 Å². The number of nitrogens with zero attached hydrogens (tertiary/aromatic N) is 2. The van der Waals surface area contributed by atoms with Crippen LogP contribution in [0.1, 0.15) is 24.8 Å². The highest BCUT2D eigenvalue weighted by Crippen LogP contribution is 2.09. The molecule has 1 aromatic carbocycles. The van der Waals surface area contributed by atoms with Crippen molar-refractivity contribution in [2.24, 2.45) is 0 Å². The summed E-state index contributed by atoms with van der Waals surface area (Å²) in [5.74, 6) is 0. The van der Waals surface area contributed by atoms with Crippen LogP contribution in [0.5, 0.6) is 0 Å². The van der Waals surface area contributed by atoms with Crippen LogP contribution in [-0.4, -0.2) is 16.0 Å². The molecule has 92 valence electrons. The second kappa shape index (κ2) is 6.57. The van der Waals surface area contributed by atoms with E-state index in [0.717, 1.165) is 18.4 Å². The average Bonchev–Trinajstić information content (AvgIpc) is 2.29. The van der Waals surface area contributed by atoms with E-state index in [1.54, 1.807) is 0 Å². The molecule has 0 fully saturated rings. The Morgan fingerprint density at radius 3 is 2.12 bits per heavy atom. The molecule has 6 nitrogen and oxygen atoms in total. The molecule has 0 spiro atoms. The minimum atomic E-state index is -1.66. The number of benzene rings is 1. The van der Waals surface area contributed by atoms with Gasteiger partial charge in [0.15, 0.2) is 0 Å². The van der Waals surface area contributed by atoms with Crippen molar-refractivity contribution in [2.45, 2.75) is 31.8 Å². The van der Waals surface area contributed by atoms with Crippen LogP contribution in [0.25, 0.3) is 0 Å². The van der Waals surface area contributed by atoms with Crippen molar-refractivity contribution in [3.05, 3.63) is 56.1 Å². The predicted octanol–water partition coefficient (Wildman–Crippen LogP) is 2.28. The van der Waals surface area contributed by atoms with E-state index in [4.69, 9.17) is 0 Å². The van der Waals surface area contributed by atoms with E-state index >= 15 is 0 Å². The normalized spacial score (nSPS) is 10.4. The van der Waals surface area contributed by atoms with Gasteiger partial charge in [0.05, 0.1) is 16.3 Å². The van der Waals surface area contributed by atoms with E-state index in [9.17, 15) is 20.2 Å². The summed E-state index contributed by atoms with van der Waals surface area (Å²) in [6.07, 6.45) is 0.338. The number of aryl methyl sites for hydroxylation is 1. The highest BCUT2D eigenvalue weighted by Gasteiger charge is 2.30. The molecule has 0 aliphatic heterocycles. The summed E-state index contributed by atoms with van der Waals surface area (Å²) in [7, 11) is 0. The summed E-state index contributed by atoms with van der Waals surface area (Å²) < 4.78 is 0. The third-order valence-corrected chi connectivity index (χ3v) is 2.51. The molecule has 0 saturated heterocycles. The number of hydrogen-bond acceptors (Lipinski definition) is 4. The van der Waals surface area contributed by atoms with Crippen molar-refractivity contribution in [1.82, 2.24) is 0 Å². The lowest BCUT2D eigenvalue weighted by molar-refractivity contribution is -0.743. The monoisotopic (exact) mass is 238 g/mol. The molecular weight excluding hydrogens is 224 g/mol. The lowest BCUT2D eigenvalue weighted by atomic mass is 10.1. The van der Waals surface area contributed by atoms with Crippen LogP contribution in [0.2, 0.25) is 0 Å². The standard InChI is InChI=1S/C11H14N2O4/c14-12(15)11(13(16)17)9-5-4-8-10-6-2-1-3-7-10/h1-3,6-7,11H,4-5,8-9H2. The first-order valence-corrected chi connectivity index (χ1v) is 5.42. The number of nitro groups is 2. The summed E-state index contributed by atoms with van der Waals surface area (Å²) in [4.78, 5) is 19.1. The zero-order chi connectivity index (χ0) is 12.7. The van der Waals surface area contributed by atoms with Gasteiger partial charge in [0.25, 0.3) is 0 Å². The molecule has 0 aliphatic rings.